The van der Waals surface area contributed by atoms with Gasteiger partial charge in [-0.15, -0.1) is 0 Å². The molecule has 2 N–H and O–H groups in total. The predicted molar refractivity (Wildman–Crippen MR) is 86.0 cm³/mol. The number of carbonyl (C=O) groups is 2. The van der Waals surface area contributed by atoms with Crippen LogP contribution in [0, 0.1) is 5.82 Å². The van der Waals surface area contributed by atoms with Crippen LogP contribution in [0.1, 0.15) is 5.56 Å². The Balaban J connectivity index is 1.79. The fourth-order valence-corrected chi connectivity index (χ4v) is 2.61. The van der Waals surface area contributed by atoms with Gasteiger partial charge in [-0.05, 0) is 36.2 Å². The highest BCUT2D eigenvalue weighted by Crippen LogP contribution is 2.32. The second-order valence-corrected chi connectivity index (χ2v) is 5.63. The van der Waals surface area contributed by atoms with E-state index >= 15 is 0 Å². The summed E-state index contributed by atoms with van der Waals surface area (Å²) in [6.45, 7) is 0.156. The van der Waals surface area contributed by atoms with Gasteiger partial charge in [0.1, 0.15) is 12.4 Å². The lowest BCUT2D eigenvalue weighted by atomic mass is 10.0. The number of ether oxygens (including phenoxy) is 2. The van der Waals surface area contributed by atoms with Crippen LogP contribution in [-0.4, -0.2) is 35.7 Å². The molecule has 0 saturated heterocycles. The molecule has 3 rings (SSSR count). The number of fused-ring (bicyclic) bond motifs is 1. The number of para-hydroxylation sites is 2. The molecule has 0 fully saturated rings. The summed E-state index contributed by atoms with van der Waals surface area (Å²) in [5, 5.41) is 11.3. The Morgan fingerprint density at radius 2 is 1.84 bits per heavy atom. The van der Waals surface area contributed by atoms with E-state index in [1.807, 2.05) is 6.07 Å². The molecule has 0 spiro atoms. The largest absolute Gasteiger partial charge is 0.486 e. The van der Waals surface area contributed by atoms with Gasteiger partial charge in [-0.2, -0.15) is 0 Å². The van der Waals surface area contributed by atoms with Gasteiger partial charge in [-0.3, -0.25) is 4.79 Å². The highest BCUT2D eigenvalue weighted by molar-refractivity contribution is 6.31. The molecule has 0 aromatic heterocycles. The topological polar surface area (TPSA) is 84.9 Å². The van der Waals surface area contributed by atoms with Crippen molar-refractivity contribution in [3.8, 4) is 11.5 Å². The van der Waals surface area contributed by atoms with E-state index < -0.39 is 24.0 Å². The van der Waals surface area contributed by atoms with Crippen LogP contribution < -0.4 is 14.8 Å². The molecule has 1 aliphatic rings. The normalized spacial score (nSPS) is 16.8. The number of carbonyl (C=O) groups excluding carboxylic acids is 1. The lowest BCUT2D eigenvalue weighted by molar-refractivity contribution is -0.151. The monoisotopic (exact) mass is 345 g/mol. The maximum absolute atomic E-state index is 13.1. The molecule has 2 unspecified atom stereocenters. The number of benzene rings is 2. The molecule has 1 amide bonds. The Morgan fingerprint density at radius 3 is 2.52 bits per heavy atom. The molecular formula is C18H16FNO5. The number of nitrogens with one attached hydrogen (secondary N) is 1. The number of carboxylic acids is 1. The van der Waals surface area contributed by atoms with Gasteiger partial charge in [0.2, 0.25) is 0 Å². The van der Waals surface area contributed by atoms with Crippen LogP contribution in [0.2, 0.25) is 0 Å². The van der Waals surface area contributed by atoms with E-state index in [-0.39, 0.29) is 18.8 Å². The van der Waals surface area contributed by atoms with Gasteiger partial charge in [0.05, 0.1) is 6.04 Å². The van der Waals surface area contributed by atoms with Crippen LogP contribution in [0.3, 0.4) is 0 Å². The van der Waals surface area contributed by atoms with Crippen LogP contribution in [0.25, 0.3) is 0 Å². The molecule has 2 aromatic rings. The zero-order valence-corrected chi connectivity index (χ0v) is 13.1. The summed E-state index contributed by atoms with van der Waals surface area (Å²) in [6.07, 6.45) is -0.307. The molecule has 7 heteroatoms. The minimum absolute atomic E-state index is 0.156. The van der Waals surface area contributed by atoms with Gasteiger partial charge >= 0.3 is 11.9 Å². The van der Waals surface area contributed by atoms with Crippen molar-refractivity contribution >= 4 is 11.9 Å². The van der Waals surface area contributed by atoms with Gasteiger partial charge in [0.25, 0.3) is 0 Å². The van der Waals surface area contributed by atoms with E-state index in [0.29, 0.717) is 11.5 Å². The summed E-state index contributed by atoms with van der Waals surface area (Å²) in [5.41, 5.74) is 0.736. The van der Waals surface area contributed by atoms with Crippen molar-refractivity contribution in [1.29, 1.82) is 0 Å². The lowest BCUT2D eigenvalue weighted by Crippen LogP contribution is -2.52. The van der Waals surface area contributed by atoms with E-state index in [4.69, 9.17) is 14.6 Å². The third kappa shape index (κ3) is 4.06. The van der Waals surface area contributed by atoms with Gasteiger partial charge in [0, 0.05) is 0 Å². The Bertz CT molecular complexity index is 777. The molecule has 1 heterocycles. The molecule has 1 aliphatic heterocycles. The number of hydrogen-bond donors (Lipinski definition) is 2. The van der Waals surface area contributed by atoms with Crippen molar-refractivity contribution in [1.82, 2.24) is 5.32 Å². The third-order valence-corrected chi connectivity index (χ3v) is 3.86. The lowest BCUT2D eigenvalue weighted by Gasteiger charge is -2.32. The SMILES string of the molecule is O=C(O)C(=O)NC(Cc1ccc(F)cc1)C1COc2ccccc2O1. The fourth-order valence-electron chi connectivity index (χ4n) is 2.61. The third-order valence-electron chi connectivity index (χ3n) is 3.86. The highest BCUT2D eigenvalue weighted by Gasteiger charge is 2.31. The van der Waals surface area contributed by atoms with Crippen molar-refractivity contribution in [2.45, 2.75) is 18.6 Å². The van der Waals surface area contributed by atoms with Crippen molar-refractivity contribution in [3.63, 3.8) is 0 Å². The van der Waals surface area contributed by atoms with E-state index in [9.17, 15) is 14.0 Å². The Morgan fingerprint density at radius 1 is 1.16 bits per heavy atom. The Kier molecular flexibility index (Phi) is 4.83. The molecule has 0 aliphatic carbocycles. The molecule has 0 bridgehead atoms. The molecule has 0 saturated carbocycles. The summed E-state index contributed by atoms with van der Waals surface area (Å²) in [7, 11) is 0. The number of rotatable bonds is 4. The first-order valence-electron chi connectivity index (χ1n) is 7.69. The number of halogens is 1. The van der Waals surface area contributed by atoms with Gasteiger partial charge in [-0.1, -0.05) is 24.3 Å². The Hall–Kier alpha value is -3.09. The number of aliphatic carboxylic acids is 1. The second-order valence-electron chi connectivity index (χ2n) is 5.63. The van der Waals surface area contributed by atoms with Gasteiger partial charge in [0.15, 0.2) is 17.6 Å². The standard InChI is InChI=1S/C18H16FNO5/c19-12-7-5-11(6-8-12)9-13(20-17(21)18(22)23)16-10-24-14-3-1-2-4-15(14)25-16/h1-8,13,16H,9-10H2,(H,20,21)(H,22,23). The molecule has 2 aromatic carbocycles. The quantitative estimate of drug-likeness (QED) is 0.825. The highest BCUT2D eigenvalue weighted by atomic mass is 19.1. The van der Waals surface area contributed by atoms with E-state index in [1.165, 1.54) is 12.1 Å². The predicted octanol–water partition coefficient (Wildman–Crippen LogP) is 1.78. The van der Waals surface area contributed by atoms with Crippen LogP contribution in [-0.2, 0) is 16.0 Å². The summed E-state index contributed by atoms with van der Waals surface area (Å²) >= 11 is 0. The Labute approximate surface area is 143 Å². The first-order valence-corrected chi connectivity index (χ1v) is 7.69. The zero-order chi connectivity index (χ0) is 17.8. The van der Waals surface area contributed by atoms with Crippen LogP contribution in [0.15, 0.2) is 48.5 Å². The van der Waals surface area contributed by atoms with E-state index in [0.717, 1.165) is 5.56 Å². The van der Waals surface area contributed by atoms with Crippen LogP contribution in [0.5, 0.6) is 11.5 Å². The maximum atomic E-state index is 13.1. The molecule has 6 nitrogen and oxygen atoms in total. The summed E-state index contributed by atoms with van der Waals surface area (Å²) in [5.74, 6) is -1.98. The van der Waals surface area contributed by atoms with Crippen LogP contribution in [0.4, 0.5) is 4.39 Å². The average molecular weight is 345 g/mol. The van der Waals surface area contributed by atoms with Crippen molar-refractivity contribution < 1.29 is 28.6 Å². The summed E-state index contributed by atoms with van der Waals surface area (Å²) in [6, 6.07) is 12.2. The maximum Gasteiger partial charge on any atom is 0.394 e. The van der Waals surface area contributed by atoms with Crippen LogP contribution >= 0.6 is 0 Å². The van der Waals surface area contributed by atoms with Crippen molar-refractivity contribution in [3.05, 3.63) is 59.9 Å². The molecule has 130 valence electrons. The van der Waals surface area contributed by atoms with Crippen molar-refractivity contribution in [2.24, 2.45) is 0 Å². The zero-order valence-electron chi connectivity index (χ0n) is 13.1. The van der Waals surface area contributed by atoms with Gasteiger partial charge in [-0.25, -0.2) is 9.18 Å². The van der Waals surface area contributed by atoms with Gasteiger partial charge < -0.3 is 19.9 Å². The fraction of sp³-hybridized carbons (Fsp3) is 0.222. The second kappa shape index (κ2) is 7.21. The first kappa shape index (κ1) is 16.8. The smallest absolute Gasteiger partial charge is 0.394 e. The molecule has 2 atom stereocenters. The van der Waals surface area contributed by atoms with E-state index in [1.54, 1.807) is 30.3 Å². The summed E-state index contributed by atoms with van der Waals surface area (Å²) in [4.78, 5) is 22.5. The molecule has 0 radical (unpaired) electrons. The first-order chi connectivity index (χ1) is 12.0. The number of amides is 1. The average Bonchev–Trinajstić information content (AvgIpc) is 2.62. The number of hydrogen-bond acceptors (Lipinski definition) is 4. The minimum Gasteiger partial charge on any atom is -0.486 e. The summed E-state index contributed by atoms with van der Waals surface area (Å²) < 4.78 is 24.6. The molecule has 25 heavy (non-hydrogen) atoms. The van der Waals surface area contributed by atoms with E-state index in [2.05, 4.69) is 5.32 Å². The number of carboxylic acid groups (broad SMARTS) is 1. The molecular weight excluding hydrogens is 329 g/mol. The van der Waals surface area contributed by atoms with Crippen molar-refractivity contribution in [2.75, 3.05) is 6.61 Å². The minimum atomic E-state index is -1.58.